The molecule has 1 heterocycles. The van der Waals surface area contributed by atoms with Crippen molar-refractivity contribution in [1.82, 2.24) is 4.90 Å². The van der Waals surface area contributed by atoms with Crippen molar-refractivity contribution < 1.29 is 9.21 Å². The zero-order valence-electron chi connectivity index (χ0n) is 15.0. The first-order valence-electron chi connectivity index (χ1n) is 8.80. The summed E-state index contributed by atoms with van der Waals surface area (Å²) in [5.41, 5.74) is 7.66. The van der Waals surface area contributed by atoms with Crippen molar-refractivity contribution in [3.05, 3.63) is 46.6 Å². The van der Waals surface area contributed by atoms with E-state index in [9.17, 15) is 9.59 Å². The Balaban J connectivity index is 1.85. The minimum atomic E-state index is -0.132. The monoisotopic (exact) mass is 353 g/mol. The van der Waals surface area contributed by atoms with Gasteiger partial charge in [0.15, 0.2) is 0 Å². The van der Waals surface area contributed by atoms with E-state index in [0.717, 1.165) is 13.1 Å². The van der Waals surface area contributed by atoms with E-state index in [-0.39, 0.29) is 11.3 Å². The first-order valence-corrected chi connectivity index (χ1v) is 8.80. The third-order valence-corrected chi connectivity index (χ3v) is 4.53. The van der Waals surface area contributed by atoms with Gasteiger partial charge in [0, 0.05) is 30.4 Å². The number of nitrogens with two attached hydrogens (primary N) is 1. The zero-order valence-corrected chi connectivity index (χ0v) is 15.0. The van der Waals surface area contributed by atoms with Gasteiger partial charge in [0.2, 0.25) is 11.3 Å². The number of hydrogen-bond donors (Lipinski definition) is 2. The minimum Gasteiger partial charge on any atom is -0.456 e. The minimum absolute atomic E-state index is 0.0628. The maximum Gasteiger partial charge on any atom is 0.225 e. The first kappa shape index (κ1) is 17.9. The summed E-state index contributed by atoms with van der Waals surface area (Å²) in [6, 6.07) is 10.1. The van der Waals surface area contributed by atoms with E-state index in [1.165, 1.54) is 0 Å². The molecule has 0 aliphatic heterocycles. The summed E-state index contributed by atoms with van der Waals surface area (Å²) < 4.78 is 5.82. The van der Waals surface area contributed by atoms with Crippen LogP contribution < -0.4 is 16.5 Å². The lowest BCUT2D eigenvalue weighted by Gasteiger charge is -2.17. The Morgan fingerprint density at radius 1 is 1.08 bits per heavy atom. The molecule has 2 aromatic carbocycles. The third kappa shape index (κ3) is 3.70. The van der Waals surface area contributed by atoms with Crippen molar-refractivity contribution in [2.24, 2.45) is 0 Å². The molecule has 0 unspecified atom stereocenters. The maximum absolute atomic E-state index is 12.6. The Morgan fingerprint density at radius 2 is 1.85 bits per heavy atom. The van der Waals surface area contributed by atoms with E-state index < -0.39 is 0 Å². The highest BCUT2D eigenvalue weighted by Crippen LogP contribution is 2.23. The number of hydrogen-bond acceptors (Lipinski definition) is 5. The van der Waals surface area contributed by atoms with Gasteiger partial charge in [0.05, 0.1) is 10.8 Å². The van der Waals surface area contributed by atoms with Gasteiger partial charge in [-0.1, -0.05) is 13.8 Å². The normalized spacial score (nSPS) is 11.3. The topological polar surface area (TPSA) is 88.6 Å². The van der Waals surface area contributed by atoms with Crippen LogP contribution in [-0.4, -0.2) is 30.4 Å². The predicted octanol–water partition coefficient (Wildman–Crippen LogP) is 3.20. The molecular weight excluding hydrogens is 330 g/mol. The van der Waals surface area contributed by atoms with Crippen molar-refractivity contribution in [3.63, 3.8) is 0 Å². The summed E-state index contributed by atoms with van der Waals surface area (Å²) >= 11 is 0. The highest BCUT2D eigenvalue weighted by Gasteiger charge is 2.10. The molecule has 0 aliphatic rings. The van der Waals surface area contributed by atoms with Crippen LogP contribution in [-0.2, 0) is 4.79 Å². The molecule has 0 aliphatic carbocycles. The summed E-state index contributed by atoms with van der Waals surface area (Å²) in [6.45, 7) is 6.70. The van der Waals surface area contributed by atoms with Crippen LogP contribution in [0, 0.1) is 0 Å². The Hall–Kier alpha value is -2.86. The molecule has 0 radical (unpaired) electrons. The molecule has 3 N–H and O–H groups in total. The second-order valence-corrected chi connectivity index (χ2v) is 6.22. The summed E-state index contributed by atoms with van der Waals surface area (Å²) in [4.78, 5) is 27.0. The number of nitrogens with one attached hydrogen (secondary N) is 1. The van der Waals surface area contributed by atoms with Gasteiger partial charge in [-0.05, 0) is 43.4 Å². The number of rotatable bonds is 6. The van der Waals surface area contributed by atoms with E-state index in [4.69, 9.17) is 10.2 Å². The lowest BCUT2D eigenvalue weighted by Crippen LogP contribution is -2.27. The van der Waals surface area contributed by atoms with E-state index in [1.807, 2.05) is 0 Å². The van der Waals surface area contributed by atoms with Gasteiger partial charge >= 0.3 is 0 Å². The van der Waals surface area contributed by atoms with E-state index in [2.05, 4.69) is 24.1 Å². The average molecular weight is 353 g/mol. The SMILES string of the molecule is CCN(CC)CCC(=O)Nc1ccc2c(=O)c3cc(N)ccc3oc2c1. The molecule has 26 heavy (non-hydrogen) atoms. The number of amides is 1. The van der Waals surface area contributed by atoms with Crippen LogP contribution in [0.3, 0.4) is 0 Å². The van der Waals surface area contributed by atoms with Gasteiger partial charge in [-0.25, -0.2) is 0 Å². The summed E-state index contributed by atoms with van der Waals surface area (Å²) in [6.07, 6.45) is 0.417. The molecule has 0 saturated carbocycles. The first-order chi connectivity index (χ1) is 12.5. The van der Waals surface area contributed by atoms with Crippen molar-refractivity contribution >= 4 is 39.2 Å². The molecule has 0 bridgehead atoms. The van der Waals surface area contributed by atoms with Gasteiger partial charge < -0.3 is 20.4 Å². The van der Waals surface area contributed by atoms with Crippen LogP contribution in [0.4, 0.5) is 11.4 Å². The third-order valence-electron chi connectivity index (χ3n) is 4.53. The number of carbonyl (C=O) groups excluding carboxylic acids is 1. The quantitative estimate of drug-likeness (QED) is 0.525. The Kier molecular flexibility index (Phi) is 5.23. The molecule has 0 atom stereocenters. The van der Waals surface area contributed by atoms with Crippen molar-refractivity contribution in [1.29, 1.82) is 0 Å². The highest BCUT2D eigenvalue weighted by atomic mass is 16.3. The summed E-state index contributed by atoms with van der Waals surface area (Å²) in [5.74, 6) is -0.0628. The van der Waals surface area contributed by atoms with Gasteiger partial charge in [0.25, 0.3) is 0 Å². The predicted molar refractivity (Wildman–Crippen MR) is 105 cm³/mol. The second kappa shape index (κ2) is 7.58. The maximum atomic E-state index is 12.6. The van der Waals surface area contributed by atoms with Crippen LogP contribution >= 0.6 is 0 Å². The fraction of sp³-hybridized carbons (Fsp3) is 0.300. The average Bonchev–Trinajstić information content (AvgIpc) is 2.63. The number of nitrogen functional groups attached to an aromatic ring is 1. The molecule has 0 spiro atoms. The highest BCUT2D eigenvalue weighted by molar-refractivity contribution is 5.96. The molecule has 1 aromatic heterocycles. The molecule has 6 heteroatoms. The molecule has 0 saturated heterocycles. The standard InChI is InChI=1S/C20H23N3O3/c1-3-23(4-2)10-9-19(24)22-14-6-7-15-18(12-14)26-17-8-5-13(21)11-16(17)20(15)25/h5-8,11-12H,3-4,9-10,21H2,1-2H3,(H,22,24). The molecule has 1 amide bonds. The lowest BCUT2D eigenvalue weighted by molar-refractivity contribution is -0.116. The van der Waals surface area contributed by atoms with Gasteiger partial charge in [0.1, 0.15) is 11.2 Å². The van der Waals surface area contributed by atoms with E-state index in [1.54, 1.807) is 36.4 Å². The van der Waals surface area contributed by atoms with Gasteiger partial charge in [-0.2, -0.15) is 0 Å². The molecular formula is C20H23N3O3. The Labute approximate surface area is 151 Å². The number of fused-ring (bicyclic) bond motifs is 2. The second-order valence-electron chi connectivity index (χ2n) is 6.22. The number of benzene rings is 2. The molecule has 3 aromatic rings. The fourth-order valence-electron chi connectivity index (χ4n) is 2.97. The smallest absolute Gasteiger partial charge is 0.225 e. The molecule has 3 rings (SSSR count). The van der Waals surface area contributed by atoms with Crippen LogP contribution in [0.2, 0.25) is 0 Å². The van der Waals surface area contributed by atoms with Gasteiger partial charge in [-0.3, -0.25) is 9.59 Å². The molecule has 0 fully saturated rings. The largest absolute Gasteiger partial charge is 0.456 e. The van der Waals surface area contributed by atoms with Crippen LogP contribution in [0.15, 0.2) is 45.6 Å². The zero-order chi connectivity index (χ0) is 18.7. The van der Waals surface area contributed by atoms with Crippen LogP contribution in [0.25, 0.3) is 21.9 Å². The van der Waals surface area contributed by atoms with E-state index >= 15 is 0 Å². The van der Waals surface area contributed by atoms with E-state index in [0.29, 0.717) is 46.3 Å². The molecule has 6 nitrogen and oxygen atoms in total. The number of carbonyl (C=O) groups is 1. The molecule has 136 valence electrons. The fourth-order valence-corrected chi connectivity index (χ4v) is 2.97. The van der Waals surface area contributed by atoms with Crippen molar-refractivity contribution in [3.8, 4) is 0 Å². The number of nitrogens with zero attached hydrogens (tertiary/aromatic N) is 1. The Bertz CT molecular complexity index is 1010. The van der Waals surface area contributed by atoms with Crippen molar-refractivity contribution in [2.75, 3.05) is 30.7 Å². The van der Waals surface area contributed by atoms with Crippen molar-refractivity contribution in [2.45, 2.75) is 20.3 Å². The van der Waals surface area contributed by atoms with Gasteiger partial charge in [-0.15, -0.1) is 0 Å². The Morgan fingerprint density at radius 3 is 2.58 bits per heavy atom. The van der Waals surface area contributed by atoms with Crippen LogP contribution in [0.1, 0.15) is 20.3 Å². The summed E-state index contributed by atoms with van der Waals surface area (Å²) in [5, 5.41) is 3.78. The van der Waals surface area contributed by atoms with Crippen LogP contribution in [0.5, 0.6) is 0 Å². The number of anilines is 2. The summed E-state index contributed by atoms with van der Waals surface area (Å²) in [7, 11) is 0. The lowest BCUT2D eigenvalue weighted by atomic mass is 10.1.